The maximum atomic E-state index is 5.43. The van der Waals surface area contributed by atoms with E-state index in [1.807, 2.05) is 6.20 Å². The van der Waals surface area contributed by atoms with E-state index >= 15 is 0 Å². The van der Waals surface area contributed by atoms with E-state index in [-0.39, 0.29) is 0 Å². The van der Waals surface area contributed by atoms with Gasteiger partial charge in [-0.3, -0.25) is 10.00 Å². The van der Waals surface area contributed by atoms with Gasteiger partial charge in [0.2, 0.25) is 0 Å². The zero-order chi connectivity index (χ0) is 11.7. The van der Waals surface area contributed by atoms with Gasteiger partial charge in [-0.25, -0.2) is 0 Å². The fourth-order valence-corrected chi connectivity index (χ4v) is 3.17. The van der Waals surface area contributed by atoms with Crippen molar-refractivity contribution in [2.75, 3.05) is 26.3 Å². The molecular formula is C13H21N3O. The van der Waals surface area contributed by atoms with E-state index in [1.54, 1.807) is 0 Å². The Labute approximate surface area is 102 Å². The van der Waals surface area contributed by atoms with Crippen LogP contribution in [0.2, 0.25) is 0 Å². The first kappa shape index (κ1) is 11.2. The zero-order valence-corrected chi connectivity index (χ0v) is 10.5. The van der Waals surface area contributed by atoms with E-state index in [1.165, 1.54) is 43.6 Å². The number of ether oxygens (including phenoxy) is 1. The molecule has 17 heavy (non-hydrogen) atoms. The van der Waals surface area contributed by atoms with Crippen molar-refractivity contribution in [2.24, 2.45) is 0 Å². The van der Waals surface area contributed by atoms with E-state index < -0.39 is 0 Å². The highest BCUT2D eigenvalue weighted by molar-refractivity contribution is 5.20. The third-order valence-corrected chi connectivity index (χ3v) is 4.20. The molecule has 0 aromatic carbocycles. The Balaban J connectivity index is 1.63. The van der Waals surface area contributed by atoms with Gasteiger partial charge in [0, 0.05) is 37.4 Å². The normalized spacial score (nSPS) is 27.7. The Morgan fingerprint density at radius 2 is 2.18 bits per heavy atom. The molecule has 0 saturated carbocycles. The fraction of sp³-hybridized carbons (Fsp3) is 0.769. The molecule has 1 unspecified atom stereocenters. The summed E-state index contributed by atoms with van der Waals surface area (Å²) in [4.78, 5) is 2.65. The van der Waals surface area contributed by atoms with Crippen LogP contribution in [-0.2, 0) is 4.74 Å². The van der Waals surface area contributed by atoms with E-state index in [4.69, 9.17) is 4.74 Å². The largest absolute Gasteiger partial charge is 0.381 e. The van der Waals surface area contributed by atoms with Crippen molar-refractivity contribution in [3.8, 4) is 0 Å². The van der Waals surface area contributed by atoms with Gasteiger partial charge in [-0.05, 0) is 38.3 Å². The van der Waals surface area contributed by atoms with Gasteiger partial charge >= 0.3 is 0 Å². The zero-order valence-electron chi connectivity index (χ0n) is 10.5. The number of H-pyrrole nitrogens is 1. The minimum absolute atomic E-state index is 0.653. The van der Waals surface area contributed by atoms with Crippen LogP contribution in [0.1, 0.15) is 36.4 Å². The van der Waals surface area contributed by atoms with Gasteiger partial charge in [0.1, 0.15) is 0 Å². The number of aromatic amines is 1. The second kappa shape index (κ2) is 4.78. The Morgan fingerprint density at radius 1 is 1.35 bits per heavy atom. The topological polar surface area (TPSA) is 41.2 Å². The van der Waals surface area contributed by atoms with Crippen LogP contribution in [0.15, 0.2) is 6.20 Å². The molecule has 0 bridgehead atoms. The molecule has 4 heteroatoms. The monoisotopic (exact) mass is 235 g/mol. The molecule has 0 amide bonds. The highest BCUT2D eigenvalue weighted by Gasteiger charge is 2.31. The van der Waals surface area contributed by atoms with Crippen molar-refractivity contribution in [1.82, 2.24) is 15.1 Å². The number of aryl methyl sites for hydroxylation is 1. The van der Waals surface area contributed by atoms with Gasteiger partial charge in [0.25, 0.3) is 0 Å². The lowest BCUT2D eigenvalue weighted by Gasteiger charge is -2.31. The van der Waals surface area contributed by atoms with Crippen molar-refractivity contribution in [1.29, 1.82) is 0 Å². The van der Waals surface area contributed by atoms with Gasteiger partial charge in [-0.15, -0.1) is 0 Å². The predicted octanol–water partition coefficient (Wildman–Crippen LogP) is 1.69. The van der Waals surface area contributed by atoms with Crippen molar-refractivity contribution >= 4 is 0 Å². The lowest BCUT2D eigenvalue weighted by Crippen LogP contribution is -2.37. The standard InChI is InChI=1S/C13H21N3O/c1-10-8-14-15-13(10)11-2-5-16(9-11)12-3-6-17-7-4-12/h8,11-12H,2-7,9H2,1H3,(H,14,15). The lowest BCUT2D eigenvalue weighted by atomic mass is 10.0. The van der Waals surface area contributed by atoms with Crippen LogP contribution in [0, 0.1) is 6.92 Å². The van der Waals surface area contributed by atoms with Gasteiger partial charge in [-0.1, -0.05) is 0 Å². The van der Waals surface area contributed by atoms with Crippen molar-refractivity contribution in [2.45, 2.75) is 38.1 Å². The molecule has 0 radical (unpaired) electrons. The van der Waals surface area contributed by atoms with Crippen LogP contribution in [0.3, 0.4) is 0 Å². The first-order chi connectivity index (χ1) is 8.34. The number of aromatic nitrogens is 2. The van der Waals surface area contributed by atoms with E-state index in [9.17, 15) is 0 Å². The Kier molecular flexibility index (Phi) is 3.16. The minimum Gasteiger partial charge on any atom is -0.381 e. The summed E-state index contributed by atoms with van der Waals surface area (Å²) < 4.78 is 5.43. The molecule has 3 heterocycles. The molecule has 1 atom stereocenters. The molecular weight excluding hydrogens is 214 g/mol. The van der Waals surface area contributed by atoms with E-state index in [0.29, 0.717) is 5.92 Å². The molecule has 0 spiro atoms. The number of hydrogen-bond acceptors (Lipinski definition) is 3. The summed E-state index contributed by atoms with van der Waals surface area (Å²) in [5.41, 5.74) is 2.66. The molecule has 0 aliphatic carbocycles. The Bertz CT molecular complexity index is 370. The Hall–Kier alpha value is -0.870. The predicted molar refractivity (Wildman–Crippen MR) is 66.1 cm³/mol. The summed E-state index contributed by atoms with van der Waals surface area (Å²) >= 11 is 0. The molecule has 2 aliphatic rings. The molecule has 1 N–H and O–H groups in total. The first-order valence-corrected chi connectivity index (χ1v) is 6.66. The van der Waals surface area contributed by atoms with E-state index in [2.05, 4.69) is 22.0 Å². The van der Waals surface area contributed by atoms with Crippen LogP contribution < -0.4 is 0 Å². The average molecular weight is 235 g/mol. The van der Waals surface area contributed by atoms with Gasteiger partial charge in [-0.2, -0.15) is 5.10 Å². The minimum atomic E-state index is 0.653. The Morgan fingerprint density at radius 3 is 2.88 bits per heavy atom. The number of nitrogens with one attached hydrogen (secondary N) is 1. The quantitative estimate of drug-likeness (QED) is 0.848. The molecule has 1 aromatic heterocycles. The molecule has 2 fully saturated rings. The van der Waals surface area contributed by atoms with Crippen LogP contribution in [0.5, 0.6) is 0 Å². The number of hydrogen-bond donors (Lipinski definition) is 1. The summed E-state index contributed by atoms with van der Waals surface area (Å²) in [5.74, 6) is 0.653. The van der Waals surface area contributed by atoms with Gasteiger partial charge in [0.15, 0.2) is 0 Å². The maximum Gasteiger partial charge on any atom is 0.0519 e. The number of nitrogens with zero attached hydrogens (tertiary/aromatic N) is 2. The SMILES string of the molecule is Cc1cn[nH]c1C1CCN(C2CCOCC2)C1. The third kappa shape index (κ3) is 2.24. The van der Waals surface area contributed by atoms with Gasteiger partial charge < -0.3 is 4.74 Å². The summed E-state index contributed by atoms with van der Waals surface area (Å²) in [6.45, 7) is 6.45. The van der Waals surface area contributed by atoms with Crippen LogP contribution >= 0.6 is 0 Å². The molecule has 2 aliphatic heterocycles. The molecule has 1 aromatic rings. The average Bonchev–Trinajstić information content (AvgIpc) is 2.98. The maximum absolute atomic E-state index is 5.43. The highest BCUT2D eigenvalue weighted by atomic mass is 16.5. The molecule has 2 saturated heterocycles. The highest BCUT2D eigenvalue weighted by Crippen LogP contribution is 2.30. The second-order valence-corrected chi connectivity index (χ2v) is 5.29. The van der Waals surface area contributed by atoms with Crippen LogP contribution in [-0.4, -0.2) is 47.4 Å². The van der Waals surface area contributed by atoms with Crippen molar-refractivity contribution in [3.05, 3.63) is 17.5 Å². The fourth-order valence-electron chi connectivity index (χ4n) is 3.17. The smallest absolute Gasteiger partial charge is 0.0519 e. The third-order valence-electron chi connectivity index (χ3n) is 4.20. The van der Waals surface area contributed by atoms with Gasteiger partial charge in [0.05, 0.1) is 6.20 Å². The van der Waals surface area contributed by atoms with Crippen LogP contribution in [0.25, 0.3) is 0 Å². The first-order valence-electron chi connectivity index (χ1n) is 6.66. The molecule has 4 nitrogen and oxygen atoms in total. The molecule has 3 rings (SSSR count). The second-order valence-electron chi connectivity index (χ2n) is 5.29. The van der Waals surface area contributed by atoms with Crippen LogP contribution in [0.4, 0.5) is 0 Å². The summed E-state index contributed by atoms with van der Waals surface area (Å²) in [7, 11) is 0. The molecule has 94 valence electrons. The summed E-state index contributed by atoms with van der Waals surface area (Å²) in [5, 5.41) is 7.31. The van der Waals surface area contributed by atoms with Crippen molar-refractivity contribution in [3.63, 3.8) is 0 Å². The van der Waals surface area contributed by atoms with Crippen molar-refractivity contribution < 1.29 is 4.74 Å². The number of rotatable bonds is 2. The number of likely N-dealkylation sites (tertiary alicyclic amines) is 1. The van der Waals surface area contributed by atoms with E-state index in [0.717, 1.165) is 19.3 Å². The summed E-state index contributed by atoms with van der Waals surface area (Å²) in [6, 6.07) is 0.747. The summed E-state index contributed by atoms with van der Waals surface area (Å²) in [6.07, 6.45) is 5.61. The lowest BCUT2D eigenvalue weighted by molar-refractivity contribution is 0.0419.